The lowest BCUT2D eigenvalue weighted by molar-refractivity contribution is 0.0746. The van der Waals surface area contributed by atoms with E-state index in [2.05, 4.69) is 16.3 Å². The van der Waals surface area contributed by atoms with Crippen LogP contribution in [0.1, 0.15) is 21.5 Å². The van der Waals surface area contributed by atoms with Crippen LogP contribution in [0.25, 0.3) is 0 Å². The molecule has 2 heterocycles. The van der Waals surface area contributed by atoms with Gasteiger partial charge in [-0.25, -0.2) is 0 Å². The maximum absolute atomic E-state index is 12.8. The Kier molecular flexibility index (Phi) is 7.18. The number of rotatable bonds is 2. The number of nitrogens with zero attached hydrogens (tertiary/aromatic N) is 2. The topological polar surface area (TPSA) is 35.6 Å². The van der Waals surface area contributed by atoms with Crippen LogP contribution in [0, 0.1) is 0 Å². The highest BCUT2D eigenvalue weighted by Crippen LogP contribution is 2.21. The fourth-order valence-electron chi connectivity index (χ4n) is 3.43. The molecule has 2 aromatic carbocycles. The molecular formula is C19H22Cl3N3O. The lowest BCUT2D eigenvalue weighted by Gasteiger charge is -2.36. The first-order valence-corrected chi connectivity index (χ1v) is 8.71. The summed E-state index contributed by atoms with van der Waals surface area (Å²) in [7, 11) is 0. The number of hydrogen-bond acceptors (Lipinski definition) is 3. The molecule has 0 saturated carbocycles. The van der Waals surface area contributed by atoms with Crippen LogP contribution in [0.15, 0.2) is 42.5 Å². The van der Waals surface area contributed by atoms with Crippen LogP contribution in [-0.2, 0) is 13.1 Å². The second kappa shape index (κ2) is 8.96. The Labute approximate surface area is 171 Å². The normalized spacial score (nSPS) is 15.7. The summed E-state index contributed by atoms with van der Waals surface area (Å²) in [6, 6.07) is 14.0. The highest BCUT2D eigenvalue weighted by Gasteiger charge is 2.23. The first-order chi connectivity index (χ1) is 11.7. The number of halogens is 3. The van der Waals surface area contributed by atoms with Gasteiger partial charge in [0.15, 0.2) is 0 Å². The van der Waals surface area contributed by atoms with Gasteiger partial charge < -0.3 is 15.1 Å². The van der Waals surface area contributed by atoms with E-state index in [9.17, 15) is 4.79 Å². The second-order valence-corrected chi connectivity index (χ2v) is 6.78. The Balaban J connectivity index is 0.00000121. The molecule has 2 aromatic rings. The summed E-state index contributed by atoms with van der Waals surface area (Å²) in [5.74, 6) is 0.139. The minimum absolute atomic E-state index is 0. The number of benzene rings is 2. The maximum atomic E-state index is 12.8. The van der Waals surface area contributed by atoms with Crippen LogP contribution >= 0.6 is 36.4 Å². The number of amides is 1. The molecule has 0 aliphatic carbocycles. The van der Waals surface area contributed by atoms with Crippen molar-refractivity contribution in [1.82, 2.24) is 10.2 Å². The second-order valence-electron chi connectivity index (χ2n) is 6.34. The van der Waals surface area contributed by atoms with Crippen molar-refractivity contribution in [1.29, 1.82) is 0 Å². The molecule has 7 heteroatoms. The van der Waals surface area contributed by atoms with Crippen molar-refractivity contribution in [2.45, 2.75) is 13.1 Å². The molecule has 4 rings (SSSR count). The monoisotopic (exact) mass is 413 g/mol. The standard InChI is InChI=1S/C19H20ClN3O.2ClH/c20-17-3-5-18(6-4-17)22-7-9-23(10-8-22)19(24)14-1-2-15-12-21-13-16(15)11-14;;/h1-6,11,21H,7-10,12-13H2;2*1H. The van der Waals surface area contributed by atoms with Gasteiger partial charge in [0, 0.05) is 55.5 Å². The van der Waals surface area contributed by atoms with E-state index in [1.807, 2.05) is 41.3 Å². The zero-order valence-corrected chi connectivity index (χ0v) is 16.7. The van der Waals surface area contributed by atoms with Crippen LogP contribution in [-0.4, -0.2) is 37.0 Å². The van der Waals surface area contributed by atoms with E-state index in [4.69, 9.17) is 11.6 Å². The van der Waals surface area contributed by atoms with Crippen molar-refractivity contribution < 1.29 is 4.79 Å². The minimum Gasteiger partial charge on any atom is -0.368 e. The van der Waals surface area contributed by atoms with Gasteiger partial charge in [-0.3, -0.25) is 4.79 Å². The van der Waals surface area contributed by atoms with Crippen molar-refractivity contribution in [3.05, 3.63) is 64.2 Å². The predicted molar refractivity (Wildman–Crippen MR) is 111 cm³/mol. The summed E-state index contributed by atoms with van der Waals surface area (Å²) >= 11 is 5.95. The largest absolute Gasteiger partial charge is 0.368 e. The van der Waals surface area contributed by atoms with E-state index in [0.717, 1.165) is 55.5 Å². The number of anilines is 1. The van der Waals surface area contributed by atoms with E-state index in [-0.39, 0.29) is 30.7 Å². The van der Waals surface area contributed by atoms with E-state index in [1.165, 1.54) is 11.1 Å². The van der Waals surface area contributed by atoms with Gasteiger partial charge >= 0.3 is 0 Å². The van der Waals surface area contributed by atoms with Gasteiger partial charge in [-0.2, -0.15) is 0 Å². The smallest absolute Gasteiger partial charge is 0.253 e. The molecule has 4 nitrogen and oxygen atoms in total. The number of carbonyl (C=O) groups excluding carboxylic acids is 1. The Morgan fingerprint density at radius 3 is 2.23 bits per heavy atom. The van der Waals surface area contributed by atoms with E-state index < -0.39 is 0 Å². The molecule has 0 aromatic heterocycles. The minimum atomic E-state index is 0. The number of piperazine rings is 1. The van der Waals surface area contributed by atoms with Gasteiger partial charge in [-0.15, -0.1) is 24.8 Å². The third kappa shape index (κ3) is 4.26. The van der Waals surface area contributed by atoms with E-state index in [1.54, 1.807) is 0 Å². The average Bonchev–Trinajstić information content (AvgIpc) is 3.09. The molecule has 1 N–H and O–H groups in total. The Morgan fingerprint density at radius 2 is 1.54 bits per heavy atom. The number of nitrogens with one attached hydrogen (secondary N) is 1. The number of hydrogen-bond donors (Lipinski definition) is 1. The van der Waals surface area contributed by atoms with Crippen LogP contribution in [0.2, 0.25) is 5.02 Å². The molecule has 2 aliphatic heterocycles. The molecule has 2 aliphatic rings. The van der Waals surface area contributed by atoms with Crippen LogP contribution < -0.4 is 10.2 Å². The fraction of sp³-hybridized carbons (Fsp3) is 0.316. The van der Waals surface area contributed by atoms with Crippen LogP contribution in [0.3, 0.4) is 0 Å². The lowest BCUT2D eigenvalue weighted by atomic mass is 10.1. The summed E-state index contributed by atoms with van der Waals surface area (Å²) in [6.45, 7) is 4.96. The zero-order valence-electron chi connectivity index (χ0n) is 14.3. The van der Waals surface area contributed by atoms with Crippen molar-refractivity contribution in [3.63, 3.8) is 0 Å². The van der Waals surface area contributed by atoms with Crippen molar-refractivity contribution in [3.8, 4) is 0 Å². The molecule has 0 radical (unpaired) electrons. The molecular weight excluding hydrogens is 393 g/mol. The predicted octanol–water partition coefficient (Wildman–Crippen LogP) is 3.75. The fourth-order valence-corrected chi connectivity index (χ4v) is 3.56. The van der Waals surface area contributed by atoms with Crippen LogP contribution in [0.5, 0.6) is 0 Å². The summed E-state index contributed by atoms with van der Waals surface area (Å²) in [4.78, 5) is 17.0. The SMILES string of the molecule is Cl.Cl.O=C(c1ccc2c(c1)CNC2)N1CCN(c2ccc(Cl)cc2)CC1. The molecule has 0 unspecified atom stereocenters. The molecule has 1 fully saturated rings. The summed E-state index contributed by atoms with van der Waals surface area (Å²) in [6.07, 6.45) is 0. The number of fused-ring (bicyclic) bond motifs is 1. The zero-order chi connectivity index (χ0) is 16.5. The average molecular weight is 415 g/mol. The van der Waals surface area contributed by atoms with E-state index in [0.29, 0.717) is 0 Å². The molecule has 1 amide bonds. The maximum Gasteiger partial charge on any atom is 0.253 e. The summed E-state index contributed by atoms with van der Waals surface area (Å²) < 4.78 is 0. The Bertz CT molecular complexity index is 759. The quantitative estimate of drug-likeness (QED) is 0.813. The third-order valence-corrected chi connectivity index (χ3v) is 5.09. The van der Waals surface area contributed by atoms with Gasteiger partial charge in [0.1, 0.15) is 0 Å². The molecule has 0 spiro atoms. The first-order valence-electron chi connectivity index (χ1n) is 8.33. The number of carbonyl (C=O) groups is 1. The Hall–Kier alpha value is -1.46. The molecule has 0 bridgehead atoms. The van der Waals surface area contributed by atoms with Crippen molar-refractivity contribution in [2.24, 2.45) is 0 Å². The molecule has 26 heavy (non-hydrogen) atoms. The Morgan fingerprint density at radius 1 is 0.885 bits per heavy atom. The van der Waals surface area contributed by atoms with Gasteiger partial charge in [-0.05, 0) is 47.5 Å². The highest BCUT2D eigenvalue weighted by molar-refractivity contribution is 6.30. The first kappa shape index (κ1) is 20.8. The molecule has 1 saturated heterocycles. The van der Waals surface area contributed by atoms with Crippen molar-refractivity contribution in [2.75, 3.05) is 31.1 Å². The molecule has 140 valence electrons. The van der Waals surface area contributed by atoms with Gasteiger partial charge in [0.05, 0.1) is 0 Å². The molecule has 0 atom stereocenters. The van der Waals surface area contributed by atoms with Gasteiger partial charge in [0.25, 0.3) is 5.91 Å². The van der Waals surface area contributed by atoms with E-state index >= 15 is 0 Å². The highest BCUT2D eigenvalue weighted by atomic mass is 35.5. The van der Waals surface area contributed by atoms with Gasteiger partial charge in [-0.1, -0.05) is 17.7 Å². The van der Waals surface area contributed by atoms with Crippen LogP contribution in [0.4, 0.5) is 5.69 Å². The summed E-state index contributed by atoms with van der Waals surface area (Å²) in [5, 5.41) is 4.07. The van der Waals surface area contributed by atoms with Crippen molar-refractivity contribution >= 4 is 48.0 Å². The van der Waals surface area contributed by atoms with Gasteiger partial charge in [0.2, 0.25) is 0 Å². The third-order valence-electron chi connectivity index (χ3n) is 4.84. The lowest BCUT2D eigenvalue weighted by Crippen LogP contribution is -2.48. The summed E-state index contributed by atoms with van der Waals surface area (Å²) in [5.41, 5.74) is 4.52.